The highest BCUT2D eigenvalue weighted by Crippen LogP contribution is 2.10. The first-order chi connectivity index (χ1) is 5.15. The lowest BCUT2D eigenvalue weighted by atomic mass is 10.3. The van der Waals surface area contributed by atoms with Crippen molar-refractivity contribution in [1.82, 2.24) is 0 Å². The summed E-state index contributed by atoms with van der Waals surface area (Å²) >= 11 is 0. The smallest absolute Gasteiger partial charge is 0.228 e. The molecule has 0 aliphatic carbocycles. The molecule has 0 radical (unpaired) electrons. The third-order valence-corrected chi connectivity index (χ3v) is 1.20. The molecular weight excluding hydrogens is 146 g/mol. The third-order valence-electron chi connectivity index (χ3n) is 1.20. The van der Waals surface area contributed by atoms with Crippen LogP contribution in [0.3, 0.4) is 0 Å². The molecule has 11 heavy (non-hydrogen) atoms. The summed E-state index contributed by atoms with van der Waals surface area (Å²) in [6.07, 6.45) is 0. The van der Waals surface area contributed by atoms with E-state index in [1.54, 1.807) is 6.07 Å². The van der Waals surface area contributed by atoms with Crippen molar-refractivity contribution >= 4 is 0 Å². The highest BCUT2D eigenvalue weighted by atomic mass is 16.4. The predicted octanol–water partition coefficient (Wildman–Crippen LogP) is 0.525. The Morgan fingerprint density at radius 1 is 1.73 bits per heavy atom. The quantitative estimate of drug-likeness (QED) is 0.586. The summed E-state index contributed by atoms with van der Waals surface area (Å²) in [5, 5.41) is 17.2. The van der Waals surface area contributed by atoms with Gasteiger partial charge >= 0.3 is 0 Å². The summed E-state index contributed by atoms with van der Waals surface area (Å²) in [5.74, 6) is -0.469. The van der Waals surface area contributed by atoms with Crippen LogP contribution in [0, 0.1) is 18.3 Å². The van der Waals surface area contributed by atoms with Crippen LogP contribution in [0.5, 0.6) is 5.75 Å². The number of hydrogen-bond acceptors (Lipinski definition) is 4. The van der Waals surface area contributed by atoms with Gasteiger partial charge in [-0.2, -0.15) is 5.26 Å². The van der Waals surface area contributed by atoms with Crippen molar-refractivity contribution in [2.45, 2.75) is 6.92 Å². The van der Waals surface area contributed by atoms with E-state index in [9.17, 15) is 4.79 Å². The second-order valence-electron chi connectivity index (χ2n) is 1.99. The van der Waals surface area contributed by atoms with Crippen LogP contribution in [-0.4, -0.2) is 5.11 Å². The highest BCUT2D eigenvalue weighted by Gasteiger charge is 2.05. The monoisotopic (exact) mass is 151 g/mol. The molecule has 0 aliphatic rings. The molecule has 1 rings (SSSR count). The second kappa shape index (κ2) is 2.46. The topological polar surface area (TPSA) is 74.2 Å². The summed E-state index contributed by atoms with van der Waals surface area (Å²) in [4.78, 5) is 10.8. The van der Waals surface area contributed by atoms with Gasteiger partial charge in [-0.25, -0.2) is 0 Å². The Kier molecular flexibility index (Phi) is 1.65. The molecule has 0 unspecified atom stereocenters. The minimum atomic E-state index is -0.592. The minimum Gasteiger partial charge on any atom is -0.502 e. The van der Waals surface area contributed by atoms with E-state index in [-0.39, 0.29) is 11.5 Å². The highest BCUT2D eigenvalue weighted by molar-refractivity contribution is 5.27. The molecule has 0 aromatic carbocycles. The van der Waals surface area contributed by atoms with Gasteiger partial charge in [-0.15, -0.1) is 0 Å². The Labute approximate surface area is 62.3 Å². The molecule has 1 aromatic heterocycles. The zero-order valence-corrected chi connectivity index (χ0v) is 5.79. The minimum absolute atomic E-state index is 0.0639. The number of aromatic hydroxyl groups is 1. The Hall–Kier alpha value is -1.76. The number of aryl methyl sites for hydroxylation is 1. The molecule has 0 bridgehead atoms. The fourth-order valence-corrected chi connectivity index (χ4v) is 0.659. The number of rotatable bonds is 0. The SMILES string of the molecule is Cc1oc(C#N)cc(=O)c1O. The lowest BCUT2D eigenvalue weighted by molar-refractivity contribution is 0.407. The summed E-state index contributed by atoms with van der Waals surface area (Å²) < 4.78 is 4.73. The van der Waals surface area contributed by atoms with Crippen LogP contribution in [0.2, 0.25) is 0 Å². The summed E-state index contributed by atoms with van der Waals surface area (Å²) in [5.41, 5.74) is -0.592. The Morgan fingerprint density at radius 2 is 2.36 bits per heavy atom. The normalized spacial score (nSPS) is 9.09. The van der Waals surface area contributed by atoms with Crippen molar-refractivity contribution < 1.29 is 9.52 Å². The van der Waals surface area contributed by atoms with Gasteiger partial charge in [-0.05, 0) is 6.92 Å². The molecule has 0 saturated carbocycles. The van der Waals surface area contributed by atoms with E-state index in [1.807, 2.05) is 0 Å². The van der Waals surface area contributed by atoms with Gasteiger partial charge in [0, 0.05) is 6.07 Å². The van der Waals surface area contributed by atoms with E-state index in [1.165, 1.54) is 6.92 Å². The molecule has 0 saturated heterocycles. The van der Waals surface area contributed by atoms with Gasteiger partial charge in [0.1, 0.15) is 11.8 Å². The lowest BCUT2D eigenvalue weighted by Gasteiger charge is -1.94. The van der Waals surface area contributed by atoms with E-state index >= 15 is 0 Å². The van der Waals surface area contributed by atoms with Crippen molar-refractivity contribution in [2.75, 3.05) is 0 Å². The van der Waals surface area contributed by atoms with Crippen molar-refractivity contribution in [3.8, 4) is 11.8 Å². The molecule has 0 amide bonds. The van der Waals surface area contributed by atoms with Crippen LogP contribution in [-0.2, 0) is 0 Å². The summed E-state index contributed by atoms with van der Waals surface area (Å²) in [6.45, 7) is 1.41. The van der Waals surface area contributed by atoms with Crippen LogP contribution in [0.1, 0.15) is 11.5 Å². The Balaban J connectivity index is 3.48. The average Bonchev–Trinajstić information content (AvgIpc) is 1.99. The molecule has 0 atom stereocenters. The van der Waals surface area contributed by atoms with E-state index in [0.29, 0.717) is 0 Å². The zero-order valence-electron chi connectivity index (χ0n) is 5.79. The molecule has 0 spiro atoms. The maximum Gasteiger partial charge on any atom is 0.228 e. The predicted molar refractivity (Wildman–Crippen MR) is 36.1 cm³/mol. The fourth-order valence-electron chi connectivity index (χ4n) is 0.659. The number of nitriles is 1. The average molecular weight is 151 g/mol. The Morgan fingerprint density at radius 3 is 2.82 bits per heavy atom. The molecule has 1 N–H and O–H groups in total. The van der Waals surface area contributed by atoms with Gasteiger partial charge in [-0.1, -0.05) is 0 Å². The van der Waals surface area contributed by atoms with E-state index in [4.69, 9.17) is 14.8 Å². The van der Waals surface area contributed by atoms with Crippen molar-refractivity contribution in [3.05, 3.63) is 27.8 Å². The fraction of sp³-hybridized carbons (Fsp3) is 0.143. The van der Waals surface area contributed by atoms with Gasteiger partial charge in [-0.3, -0.25) is 4.79 Å². The van der Waals surface area contributed by atoms with Crippen LogP contribution < -0.4 is 5.43 Å². The molecular formula is C7H5NO3. The molecule has 1 aromatic rings. The zero-order chi connectivity index (χ0) is 8.43. The van der Waals surface area contributed by atoms with Crippen LogP contribution in [0.25, 0.3) is 0 Å². The van der Waals surface area contributed by atoms with Gasteiger partial charge in [0.2, 0.25) is 16.9 Å². The molecule has 0 fully saturated rings. The standard InChI is InChI=1S/C7H5NO3/c1-4-7(10)6(9)2-5(3-8)11-4/h2,10H,1H3. The molecule has 1 heterocycles. The lowest BCUT2D eigenvalue weighted by Crippen LogP contribution is -2.00. The van der Waals surface area contributed by atoms with Gasteiger partial charge in [0.25, 0.3) is 0 Å². The first-order valence-electron chi connectivity index (χ1n) is 2.89. The van der Waals surface area contributed by atoms with E-state index in [2.05, 4.69) is 0 Å². The maximum atomic E-state index is 10.8. The maximum absolute atomic E-state index is 10.8. The van der Waals surface area contributed by atoms with Gasteiger partial charge < -0.3 is 9.52 Å². The first-order valence-corrected chi connectivity index (χ1v) is 2.89. The van der Waals surface area contributed by atoms with Crippen molar-refractivity contribution in [1.29, 1.82) is 5.26 Å². The largest absolute Gasteiger partial charge is 0.502 e. The second-order valence-corrected chi connectivity index (χ2v) is 1.99. The summed E-state index contributed by atoms with van der Waals surface area (Å²) in [6, 6.07) is 2.60. The molecule has 4 heteroatoms. The van der Waals surface area contributed by atoms with E-state index in [0.717, 1.165) is 6.07 Å². The van der Waals surface area contributed by atoms with Gasteiger partial charge in [0.15, 0.2) is 0 Å². The molecule has 4 nitrogen and oxygen atoms in total. The van der Waals surface area contributed by atoms with Crippen LogP contribution >= 0.6 is 0 Å². The third kappa shape index (κ3) is 1.22. The van der Waals surface area contributed by atoms with Crippen LogP contribution in [0.15, 0.2) is 15.3 Å². The number of hydrogen-bond donors (Lipinski definition) is 1. The first kappa shape index (κ1) is 7.35. The molecule has 56 valence electrons. The number of nitrogens with zero attached hydrogens (tertiary/aromatic N) is 1. The van der Waals surface area contributed by atoms with Crippen LogP contribution in [0.4, 0.5) is 0 Å². The van der Waals surface area contributed by atoms with Crippen molar-refractivity contribution in [3.63, 3.8) is 0 Å². The Bertz CT molecular complexity index is 372. The summed E-state index contributed by atoms with van der Waals surface area (Å²) in [7, 11) is 0. The molecule has 0 aliphatic heterocycles. The van der Waals surface area contributed by atoms with Crippen molar-refractivity contribution in [2.24, 2.45) is 0 Å². The van der Waals surface area contributed by atoms with Gasteiger partial charge in [0.05, 0.1) is 0 Å². The van der Waals surface area contributed by atoms with E-state index < -0.39 is 11.2 Å².